The number of thiocarbonyl (C=S) groups is 1. The van der Waals surface area contributed by atoms with Crippen molar-refractivity contribution < 1.29 is 0 Å². The Morgan fingerprint density at radius 3 is 1.60 bits per heavy atom. The van der Waals surface area contributed by atoms with Gasteiger partial charge < -0.3 is 0 Å². The van der Waals surface area contributed by atoms with E-state index in [2.05, 4.69) is 39.5 Å². The second kappa shape index (κ2) is 24.4. The summed E-state index contributed by atoms with van der Waals surface area (Å²) in [5.74, 6) is 2.10. The number of thioether (sulfide) groups is 2. The van der Waals surface area contributed by atoms with Crippen LogP contribution in [0.4, 0.5) is 0 Å². The Morgan fingerprint density at radius 1 is 0.567 bits per heavy atom. The van der Waals surface area contributed by atoms with E-state index in [4.69, 9.17) is 12.2 Å². The summed E-state index contributed by atoms with van der Waals surface area (Å²) in [4.78, 5) is 0. The summed E-state index contributed by atoms with van der Waals surface area (Å²) in [5, 5.41) is 0.758. The number of hydrogen-bond donors (Lipinski definition) is 0. The molecule has 0 bridgehead atoms. The Labute approximate surface area is 205 Å². The maximum absolute atomic E-state index is 5.80. The monoisotopic (exact) mass is 474 g/mol. The van der Waals surface area contributed by atoms with Crippen molar-refractivity contribution in [2.45, 2.75) is 155 Å². The molecule has 0 aliphatic rings. The van der Waals surface area contributed by atoms with Gasteiger partial charge in [-0.05, 0) is 37.4 Å². The van der Waals surface area contributed by atoms with Crippen LogP contribution in [0.5, 0.6) is 0 Å². The molecule has 0 nitrogen and oxygen atoms in total. The summed E-state index contributed by atoms with van der Waals surface area (Å²) in [6.45, 7) is 9.29. The Bertz CT molecular complexity index is 356. The summed E-state index contributed by atoms with van der Waals surface area (Å²) >= 11 is 9.83. The van der Waals surface area contributed by atoms with Crippen LogP contribution in [-0.2, 0) is 0 Å². The zero-order valence-electron chi connectivity index (χ0n) is 21.0. The summed E-state index contributed by atoms with van der Waals surface area (Å²) in [5.41, 5.74) is 0. The van der Waals surface area contributed by atoms with E-state index in [0.717, 1.165) is 11.2 Å². The molecule has 0 spiro atoms. The molecule has 0 amide bonds. The second-order valence-corrected chi connectivity index (χ2v) is 12.7. The molecule has 0 radical (unpaired) electrons. The lowest BCUT2D eigenvalue weighted by Crippen LogP contribution is -2.19. The van der Waals surface area contributed by atoms with Crippen LogP contribution in [0.3, 0.4) is 0 Å². The molecule has 30 heavy (non-hydrogen) atoms. The maximum Gasteiger partial charge on any atom is 0.104 e. The maximum atomic E-state index is 5.80. The van der Waals surface area contributed by atoms with E-state index in [-0.39, 0.29) is 0 Å². The first-order valence-corrected chi connectivity index (χ1v) is 15.8. The molecule has 0 heterocycles. The molecular weight excluding hydrogens is 420 g/mol. The van der Waals surface area contributed by atoms with Crippen LogP contribution in [0.1, 0.15) is 150 Å². The normalized spacial score (nSPS) is 13.5. The van der Waals surface area contributed by atoms with Gasteiger partial charge in [0.1, 0.15) is 3.53 Å². The van der Waals surface area contributed by atoms with Gasteiger partial charge in [0.15, 0.2) is 0 Å². The van der Waals surface area contributed by atoms with Crippen LogP contribution < -0.4 is 0 Å². The third-order valence-corrected chi connectivity index (χ3v) is 9.30. The minimum Gasteiger partial charge on any atom is -0.108 e. The highest BCUT2D eigenvalue weighted by Crippen LogP contribution is 2.35. The van der Waals surface area contributed by atoms with Crippen molar-refractivity contribution in [3.05, 3.63) is 0 Å². The Kier molecular flexibility index (Phi) is 25.1. The van der Waals surface area contributed by atoms with E-state index in [1.807, 2.05) is 11.8 Å². The van der Waals surface area contributed by atoms with Crippen molar-refractivity contribution in [2.24, 2.45) is 5.92 Å². The van der Waals surface area contributed by atoms with Crippen molar-refractivity contribution in [3.8, 4) is 0 Å². The van der Waals surface area contributed by atoms with Crippen LogP contribution in [0.25, 0.3) is 0 Å². The van der Waals surface area contributed by atoms with Crippen molar-refractivity contribution in [3.63, 3.8) is 0 Å². The van der Waals surface area contributed by atoms with Crippen LogP contribution >= 0.6 is 35.7 Å². The molecule has 0 aliphatic heterocycles. The van der Waals surface area contributed by atoms with Crippen LogP contribution in [0.15, 0.2) is 0 Å². The van der Waals surface area contributed by atoms with Crippen LogP contribution in [0, 0.1) is 5.92 Å². The second-order valence-electron chi connectivity index (χ2n) is 9.12. The molecular formula is C27H54S3. The van der Waals surface area contributed by atoms with Gasteiger partial charge in [-0.2, -0.15) is 0 Å². The first-order valence-electron chi connectivity index (χ1n) is 13.5. The summed E-state index contributed by atoms with van der Waals surface area (Å²) in [7, 11) is 0. The fourth-order valence-electron chi connectivity index (χ4n) is 4.23. The van der Waals surface area contributed by atoms with Crippen LogP contribution in [-0.4, -0.2) is 14.5 Å². The highest BCUT2D eigenvalue weighted by Gasteiger charge is 2.22. The lowest BCUT2D eigenvalue weighted by Gasteiger charge is -2.26. The molecule has 0 N–H and O–H groups in total. The van der Waals surface area contributed by atoms with E-state index >= 15 is 0 Å². The molecule has 0 aromatic carbocycles. The minimum atomic E-state index is 0.758. The standard InChI is InChI=1S/C27H54S3/c1-5-9-12-13-14-15-16-17-18-19-20-24-29-27(28)30-26(23-11-7-3)25(21-8-4)22-10-6-2/h25-26H,5-24H2,1-4H3. The largest absolute Gasteiger partial charge is 0.108 e. The predicted molar refractivity (Wildman–Crippen MR) is 150 cm³/mol. The van der Waals surface area contributed by atoms with Gasteiger partial charge in [-0.1, -0.05) is 136 Å². The minimum absolute atomic E-state index is 0.758. The zero-order valence-corrected chi connectivity index (χ0v) is 23.5. The van der Waals surface area contributed by atoms with Gasteiger partial charge >= 0.3 is 0 Å². The molecule has 180 valence electrons. The highest BCUT2D eigenvalue weighted by atomic mass is 32.2. The lowest BCUT2D eigenvalue weighted by atomic mass is 9.91. The van der Waals surface area contributed by atoms with Gasteiger partial charge in [0.25, 0.3) is 0 Å². The van der Waals surface area contributed by atoms with E-state index in [1.54, 1.807) is 0 Å². The Morgan fingerprint density at radius 2 is 1.07 bits per heavy atom. The fraction of sp³-hybridized carbons (Fsp3) is 0.963. The van der Waals surface area contributed by atoms with Crippen LogP contribution in [0.2, 0.25) is 0 Å². The van der Waals surface area contributed by atoms with Gasteiger partial charge in [0.2, 0.25) is 0 Å². The van der Waals surface area contributed by atoms with Crippen molar-refractivity contribution in [1.82, 2.24) is 0 Å². The molecule has 0 fully saturated rings. The van der Waals surface area contributed by atoms with E-state index in [0.29, 0.717) is 0 Å². The molecule has 0 rings (SSSR count). The van der Waals surface area contributed by atoms with Gasteiger partial charge in [-0.3, -0.25) is 0 Å². The summed E-state index contributed by atoms with van der Waals surface area (Å²) < 4.78 is 1.22. The highest BCUT2D eigenvalue weighted by molar-refractivity contribution is 8.47. The first-order chi connectivity index (χ1) is 14.7. The average Bonchev–Trinajstić information content (AvgIpc) is 2.75. The van der Waals surface area contributed by atoms with E-state index < -0.39 is 0 Å². The fourth-order valence-corrected chi connectivity index (χ4v) is 7.25. The molecule has 0 aliphatic carbocycles. The van der Waals surface area contributed by atoms with Gasteiger partial charge in [0.05, 0.1) is 0 Å². The lowest BCUT2D eigenvalue weighted by molar-refractivity contribution is 0.398. The SMILES string of the molecule is CCCCCCCCCCCCCSC(=S)SC(CCCC)C(CCC)CCCC. The predicted octanol–water partition coefficient (Wildman–Crippen LogP) is 11.2. The van der Waals surface area contributed by atoms with E-state index in [1.165, 1.54) is 131 Å². The molecule has 2 atom stereocenters. The molecule has 0 aromatic heterocycles. The molecule has 2 unspecified atom stereocenters. The van der Waals surface area contributed by atoms with Crippen molar-refractivity contribution >= 4 is 39.3 Å². The molecule has 0 aromatic rings. The Hall–Kier alpha value is 0.790. The summed E-state index contributed by atoms with van der Waals surface area (Å²) in [6, 6.07) is 0. The molecule has 0 saturated carbocycles. The van der Waals surface area contributed by atoms with Crippen molar-refractivity contribution in [1.29, 1.82) is 0 Å². The van der Waals surface area contributed by atoms with Gasteiger partial charge in [-0.15, -0.1) is 23.5 Å². The number of hydrogen-bond acceptors (Lipinski definition) is 3. The average molecular weight is 475 g/mol. The van der Waals surface area contributed by atoms with Gasteiger partial charge in [0, 0.05) is 5.25 Å². The smallest absolute Gasteiger partial charge is 0.104 e. The topological polar surface area (TPSA) is 0 Å². The quantitative estimate of drug-likeness (QED) is 0.113. The molecule has 3 heteroatoms. The third kappa shape index (κ3) is 19.5. The number of rotatable bonds is 22. The number of unbranched alkanes of at least 4 members (excludes halogenated alkanes) is 12. The van der Waals surface area contributed by atoms with E-state index in [9.17, 15) is 0 Å². The third-order valence-electron chi connectivity index (χ3n) is 6.17. The summed E-state index contributed by atoms with van der Waals surface area (Å²) in [6.07, 6.45) is 26.5. The van der Waals surface area contributed by atoms with Gasteiger partial charge in [-0.25, -0.2) is 0 Å². The first kappa shape index (κ1) is 30.8. The zero-order chi connectivity index (χ0) is 22.3. The Balaban J connectivity index is 3.91. The molecule has 0 saturated heterocycles. The van der Waals surface area contributed by atoms with Crippen molar-refractivity contribution in [2.75, 3.05) is 5.75 Å².